The maximum atomic E-state index is 11.0. The summed E-state index contributed by atoms with van der Waals surface area (Å²) in [5.74, 6) is 0. The zero-order valence-electron chi connectivity index (χ0n) is 12.8. The molecule has 1 unspecified atom stereocenters. The molecule has 1 nitrogen and oxygen atoms in total. The molecule has 1 heteroatoms. The summed E-state index contributed by atoms with van der Waals surface area (Å²) in [5, 5.41) is 11.0. The fraction of sp³-hybridized carbons (Fsp3) is 0.400. The van der Waals surface area contributed by atoms with E-state index in [4.69, 9.17) is 0 Å². The summed E-state index contributed by atoms with van der Waals surface area (Å²) < 4.78 is 0. The second kappa shape index (κ2) is 6.03. The van der Waals surface area contributed by atoms with Gasteiger partial charge in [0.05, 0.1) is 6.10 Å². The number of benzene rings is 2. The Labute approximate surface area is 127 Å². The van der Waals surface area contributed by atoms with E-state index in [0.717, 1.165) is 19.3 Å². The predicted octanol–water partition coefficient (Wildman–Crippen LogP) is 4.41. The van der Waals surface area contributed by atoms with E-state index >= 15 is 0 Å². The van der Waals surface area contributed by atoms with Crippen molar-refractivity contribution in [2.24, 2.45) is 0 Å². The van der Waals surface area contributed by atoms with Gasteiger partial charge >= 0.3 is 0 Å². The molecule has 0 aromatic heterocycles. The zero-order valence-corrected chi connectivity index (χ0v) is 12.8. The molecule has 0 amide bonds. The SMILES string of the molecule is Cc1ccc(CC(O)C2(c3ccccc3)CCCC2)cc1. The maximum absolute atomic E-state index is 11.0. The average Bonchev–Trinajstić information content (AvgIpc) is 3.01. The van der Waals surface area contributed by atoms with Gasteiger partial charge < -0.3 is 5.11 Å². The lowest BCUT2D eigenvalue weighted by atomic mass is 9.72. The summed E-state index contributed by atoms with van der Waals surface area (Å²) in [6.45, 7) is 2.10. The lowest BCUT2D eigenvalue weighted by Gasteiger charge is -2.35. The molecule has 0 saturated heterocycles. The van der Waals surface area contributed by atoms with Crippen molar-refractivity contribution in [3.05, 3.63) is 71.3 Å². The van der Waals surface area contributed by atoms with Crippen LogP contribution in [-0.4, -0.2) is 11.2 Å². The van der Waals surface area contributed by atoms with Crippen molar-refractivity contribution in [1.82, 2.24) is 0 Å². The number of aliphatic hydroxyl groups is 1. The normalized spacial score (nSPS) is 18.6. The highest BCUT2D eigenvalue weighted by molar-refractivity contribution is 5.30. The van der Waals surface area contributed by atoms with Gasteiger partial charge in [0.15, 0.2) is 0 Å². The summed E-state index contributed by atoms with van der Waals surface area (Å²) in [6.07, 6.45) is 5.09. The average molecular weight is 280 g/mol. The summed E-state index contributed by atoms with van der Waals surface area (Å²) >= 11 is 0. The molecule has 1 saturated carbocycles. The highest BCUT2D eigenvalue weighted by atomic mass is 16.3. The van der Waals surface area contributed by atoms with E-state index in [1.807, 2.05) is 0 Å². The molecular formula is C20H24O. The van der Waals surface area contributed by atoms with Crippen molar-refractivity contribution >= 4 is 0 Å². The highest BCUT2D eigenvalue weighted by Crippen LogP contribution is 2.44. The molecule has 1 aliphatic carbocycles. The fourth-order valence-electron chi connectivity index (χ4n) is 3.73. The molecule has 0 heterocycles. The molecule has 1 atom stereocenters. The predicted molar refractivity (Wildman–Crippen MR) is 87.5 cm³/mol. The van der Waals surface area contributed by atoms with E-state index < -0.39 is 0 Å². The van der Waals surface area contributed by atoms with Crippen LogP contribution in [0, 0.1) is 6.92 Å². The van der Waals surface area contributed by atoms with E-state index in [0.29, 0.717) is 0 Å². The topological polar surface area (TPSA) is 20.2 Å². The number of aliphatic hydroxyl groups excluding tert-OH is 1. The van der Waals surface area contributed by atoms with Gasteiger partial charge in [0.1, 0.15) is 0 Å². The van der Waals surface area contributed by atoms with E-state index in [9.17, 15) is 5.11 Å². The molecule has 1 aliphatic rings. The van der Waals surface area contributed by atoms with Crippen LogP contribution >= 0.6 is 0 Å². The van der Waals surface area contributed by atoms with Crippen LogP contribution in [0.15, 0.2) is 54.6 Å². The molecule has 0 aliphatic heterocycles. The first-order chi connectivity index (χ1) is 10.2. The molecule has 3 rings (SSSR count). The standard InChI is InChI=1S/C20H24O/c1-16-9-11-17(12-10-16)15-19(21)20(13-5-6-14-20)18-7-3-2-4-8-18/h2-4,7-12,19,21H,5-6,13-15H2,1H3. The molecule has 21 heavy (non-hydrogen) atoms. The number of hydrogen-bond acceptors (Lipinski definition) is 1. The van der Waals surface area contributed by atoms with Crippen molar-refractivity contribution in [3.63, 3.8) is 0 Å². The Morgan fingerprint density at radius 1 is 0.952 bits per heavy atom. The Kier molecular flexibility index (Phi) is 4.12. The number of rotatable bonds is 4. The molecule has 1 fully saturated rings. The first-order valence-electron chi connectivity index (χ1n) is 8.00. The fourth-order valence-corrected chi connectivity index (χ4v) is 3.73. The van der Waals surface area contributed by atoms with Crippen LogP contribution in [-0.2, 0) is 11.8 Å². The molecule has 0 spiro atoms. The monoisotopic (exact) mass is 280 g/mol. The summed E-state index contributed by atoms with van der Waals surface area (Å²) in [7, 11) is 0. The largest absolute Gasteiger partial charge is 0.392 e. The Balaban J connectivity index is 1.85. The quantitative estimate of drug-likeness (QED) is 0.879. The summed E-state index contributed by atoms with van der Waals surface area (Å²) in [5.41, 5.74) is 3.76. The number of hydrogen-bond donors (Lipinski definition) is 1. The molecule has 110 valence electrons. The van der Waals surface area contributed by atoms with Gasteiger partial charge in [-0.2, -0.15) is 0 Å². The Morgan fingerprint density at radius 2 is 1.57 bits per heavy atom. The molecule has 1 N–H and O–H groups in total. The first-order valence-corrected chi connectivity index (χ1v) is 8.00. The molecule has 2 aromatic rings. The van der Waals surface area contributed by atoms with Gasteiger partial charge in [0.25, 0.3) is 0 Å². The van der Waals surface area contributed by atoms with Crippen LogP contribution in [0.5, 0.6) is 0 Å². The Bertz CT molecular complexity index is 565. The molecule has 0 radical (unpaired) electrons. The number of aryl methyl sites for hydroxylation is 1. The van der Waals surface area contributed by atoms with Crippen LogP contribution < -0.4 is 0 Å². The van der Waals surface area contributed by atoms with Gasteiger partial charge in [-0.3, -0.25) is 0 Å². The summed E-state index contributed by atoms with van der Waals surface area (Å²) in [4.78, 5) is 0. The second-order valence-electron chi connectivity index (χ2n) is 6.43. The molecule has 2 aromatic carbocycles. The van der Waals surface area contributed by atoms with Crippen molar-refractivity contribution in [3.8, 4) is 0 Å². The summed E-state index contributed by atoms with van der Waals surface area (Å²) in [6, 6.07) is 19.2. The van der Waals surface area contributed by atoms with Gasteiger partial charge in [-0.15, -0.1) is 0 Å². The zero-order chi connectivity index (χ0) is 14.7. The molecule has 0 bridgehead atoms. The third-order valence-electron chi connectivity index (χ3n) is 5.03. The van der Waals surface area contributed by atoms with Crippen LogP contribution in [0.1, 0.15) is 42.4 Å². The van der Waals surface area contributed by atoms with E-state index in [1.54, 1.807) is 0 Å². The minimum absolute atomic E-state index is 0.0495. The van der Waals surface area contributed by atoms with Crippen molar-refractivity contribution < 1.29 is 5.11 Å². The van der Waals surface area contributed by atoms with Crippen molar-refractivity contribution in [2.75, 3.05) is 0 Å². The van der Waals surface area contributed by atoms with Gasteiger partial charge in [-0.25, -0.2) is 0 Å². The maximum Gasteiger partial charge on any atom is 0.0677 e. The van der Waals surface area contributed by atoms with Crippen molar-refractivity contribution in [1.29, 1.82) is 0 Å². The third kappa shape index (κ3) is 2.89. The Morgan fingerprint density at radius 3 is 2.19 bits per heavy atom. The van der Waals surface area contributed by atoms with Gasteiger partial charge in [-0.1, -0.05) is 73.0 Å². The smallest absolute Gasteiger partial charge is 0.0677 e. The van der Waals surface area contributed by atoms with Gasteiger partial charge in [-0.05, 0) is 37.3 Å². The van der Waals surface area contributed by atoms with Crippen LogP contribution in [0.3, 0.4) is 0 Å². The third-order valence-corrected chi connectivity index (χ3v) is 5.03. The van der Waals surface area contributed by atoms with Crippen LogP contribution in [0.2, 0.25) is 0 Å². The van der Waals surface area contributed by atoms with Gasteiger partial charge in [0.2, 0.25) is 0 Å². The van der Waals surface area contributed by atoms with Crippen LogP contribution in [0.25, 0.3) is 0 Å². The minimum atomic E-state index is -0.301. The van der Waals surface area contributed by atoms with E-state index in [1.165, 1.54) is 29.5 Å². The lowest BCUT2D eigenvalue weighted by Crippen LogP contribution is -2.38. The lowest BCUT2D eigenvalue weighted by molar-refractivity contribution is 0.0825. The highest BCUT2D eigenvalue weighted by Gasteiger charge is 2.41. The second-order valence-corrected chi connectivity index (χ2v) is 6.43. The molecular weight excluding hydrogens is 256 g/mol. The van der Waals surface area contributed by atoms with Gasteiger partial charge in [0, 0.05) is 5.41 Å². The minimum Gasteiger partial charge on any atom is -0.392 e. The van der Waals surface area contributed by atoms with Crippen LogP contribution in [0.4, 0.5) is 0 Å². The van der Waals surface area contributed by atoms with E-state index in [2.05, 4.69) is 61.5 Å². The Hall–Kier alpha value is -1.60. The first kappa shape index (κ1) is 14.3. The van der Waals surface area contributed by atoms with E-state index in [-0.39, 0.29) is 11.5 Å². The van der Waals surface area contributed by atoms with Crippen molar-refractivity contribution in [2.45, 2.75) is 50.5 Å².